The third kappa shape index (κ3) is 1.78. The van der Waals surface area contributed by atoms with E-state index >= 15 is 0 Å². The zero-order chi connectivity index (χ0) is 11.8. The topological polar surface area (TPSA) is 37.8 Å². The first-order chi connectivity index (χ1) is 8.25. The smallest absolute Gasteiger partial charge is 0.267 e. The third-order valence-electron chi connectivity index (χ3n) is 2.67. The molecule has 0 unspecified atom stereocenters. The van der Waals surface area contributed by atoms with Gasteiger partial charge in [-0.3, -0.25) is 14.6 Å². The van der Waals surface area contributed by atoms with Crippen LogP contribution in [-0.2, 0) is 0 Å². The van der Waals surface area contributed by atoms with Crippen LogP contribution in [0.1, 0.15) is 0 Å². The summed E-state index contributed by atoms with van der Waals surface area (Å²) in [6.07, 6.45) is 0. The van der Waals surface area contributed by atoms with Crippen LogP contribution < -0.4 is 5.56 Å². The molecule has 1 heterocycles. The van der Waals surface area contributed by atoms with E-state index in [2.05, 4.69) is 27.7 Å². The van der Waals surface area contributed by atoms with Crippen molar-refractivity contribution in [3.63, 3.8) is 0 Å². The molecular formula is C13H9IN2O. The zero-order valence-electron chi connectivity index (χ0n) is 8.85. The number of halogens is 1. The first-order valence-corrected chi connectivity index (χ1v) is 6.29. The fourth-order valence-corrected chi connectivity index (χ4v) is 2.38. The van der Waals surface area contributed by atoms with Gasteiger partial charge >= 0.3 is 0 Å². The molecule has 0 atom stereocenters. The van der Waals surface area contributed by atoms with E-state index < -0.39 is 0 Å². The van der Waals surface area contributed by atoms with E-state index in [1.54, 1.807) is 0 Å². The van der Waals surface area contributed by atoms with Gasteiger partial charge in [-0.25, -0.2) is 0 Å². The summed E-state index contributed by atoms with van der Waals surface area (Å²) in [4.78, 5) is 11.8. The standard InChI is InChI=1S/C13H9IN2O/c14-9-6-7-12-11(8-9)13(17)15-16(12)10-4-2-1-3-5-10/h1-8H,(H,15,17). The van der Waals surface area contributed by atoms with Gasteiger partial charge in [0.15, 0.2) is 0 Å². The molecule has 3 nitrogen and oxygen atoms in total. The molecular weight excluding hydrogens is 327 g/mol. The van der Waals surface area contributed by atoms with Crippen molar-refractivity contribution in [1.82, 2.24) is 9.78 Å². The Morgan fingerprint density at radius 2 is 1.82 bits per heavy atom. The second-order valence-corrected chi connectivity index (χ2v) is 5.02. The van der Waals surface area contributed by atoms with Crippen molar-refractivity contribution >= 4 is 33.5 Å². The van der Waals surface area contributed by atoms with Crippen molar-refractivity contribution in [2.24, 2.45) is 0 Å². The van der Waals surface area contributed by atoms with E-state index in [0.29, 0.717) is 0 Å². The molecule has 3 aromatic rings. The Bertz CT molecular complexity index is 728. The lowest BCUT2D eigenvalue weighted by Crippen LogP contribution is -2.03. The molecule has 4 heteroatoms. The van der Waals surface area contributed by atoms with Gasteiger partial charge in [-0.1, -0.05) is 18.2 Å². The molecule has 84 valence electrons. The van der Waals surface area contributed by atoms with Crippen molar-refractivity contribution in [2.45, 2.75) is 0 Å². The Morgan fingerprint density at radius 3 is 2.59 bits per heavy atom. The number of fused-ring (bicyclic) bond motifs is 1. The summed E-state index contributed by atoms with van der Waals surface area (Å²) in [5, 5.41) is 3.58. The molecule has 0 bridgehead atoms. The minimum Gasteiger partial charge on any atom is -0.267 e. The van der Waals surface area contributed by atoms with Crippen LogP contribution in [-0.4, -0.2) is 9.78 Å². The molecule has 2 aromatic carbocycles. The maximum atomic E-state index is 11.8. The summed E-state index contributed by atoms with van der Waals surface area (Å²) in [6.45, 7) is 0. The maximum absolute atomic E-state index is 11.8. The number of hydrogen-bond acceptors (Lipinski definition) is 1. The number of benzene rings is 2. The zero-order valence-corrected chi connectivity index (χ0v) is 11.0. The Morgan fingerprint density at radius 1 is 1.06 bits per heavy atom. The minimum absolute atomic E-state index is 0.0534. The number of H-pyrrole nitrogens is 1. The lowest BCUT2D eigenvalue weighted by Gasteiger charge is -2.03. The van der Waals surface area contributed by atoms with E-state index in [-0.39, 0.29) is 5.56 Å². The quantitative estimate of drug-likeness (QED) is 0.682. The highest BCUT2D eigenvalue weighted by Crippen LogP contribution is 2.17. The number of nitrogens with one attached hydrogen (secondary N) is 1. The normalized spacial score (nSPS) is 10.9. The number of hydrogen-bond donors (Lipinski definition) is 1. The van der Waals surface area contributed by atoms with Crippen LogP contribution in [0.2, 0.25) is 0 Å². The van der Waals surface area contributed by atoms with Gasteiger partial charge in [0.1, 0.15) is 0 Å². The first kappa shape index (κ1) is 10.6. The summed E-state index contributed by atoms with van der Waals surface area (Å²) >= 11 is 2.21. The highest BCUT2D eigenvalue weighted by atomic mass is 127. The largest absolute Gasteiger partial charge is 0.272 e. The van der Waals surface area contributed by atoms with E-state index in [1.165, 1.54) is 0 Å². The fourth-order valence-electron chi connectivity index (χ4n) is 1.89. The van der Waals surface area contributed by atoms with E-state index in [4.69, 9.17) is 0 Å². The molecule has 1 aromatic heterocycles. The Balaban J connectivity index is 2.36. The van der Waals surface area contributed by atoms with Crippen molar-refractivity contribution in [3.8, 4) is 5.69 Å². The fraction of sp³-hybridized carbons (Fsp3) is 0. The van der Waals surface area contributed by atoms with Crippen LogP contribution in [0.25, 0.3) is 16.6 Å². The number of aromatic nitrogens is 2. The average molecular weight is 336 g/mol. The molecule has 0 aliphatic carbocycles. The molecule has 0 fully saturated rings. The minimum atomic E-state index is -0.0534. The van der Waals surface area contributed by atoms with Crippen LogP contribution in [0.3, 0.4) is 0 Å². The predicted octanol–water partition coefficient (Wildman–Crippen LogP) is 2.92. The highest BCUT2D eigenvalue weighted by molar-refractivity contribution is 14.1. The molecule has 0 amide bonds. The summed E-state index contributed by atoms with van der Waals surface area (Å²) in [6, 6.07) is 15.6. The van der Waals surface area contributed by atoms with Crippen LogP contribution >= 0.6 is 22.6 Å². The summed E-state index contributed by atoms with van der Waals surface area (Å²) < 4.78 is 2.87. The predicted molar refractivity (Wildman–Crippen MR) is 76.6 cm³/mol. The van der Waals surface area contributed by atoms with Gasteiger partial charge in [0.05, 0.1) is 16.6 Å². The van der Waals surface area contributed by atoms with Crippen LogP contribution in [0.4, 0.5) is 0 Å². The number of aromatic amines is 1. The monoisotopic (exact) mass is 336 g/mol. The molecule has 1 N–H and O–H groups in total. The Kier molecular flexibility index (Phi) is 2.51. The van der Waals surface area contributed by atoms with Gasteiger partial charge in [0.2, 0.25) is 0 Å². The second-order valence-electron chi connectivity index (χ2n) is 3.77. The third-order valence-corrected chi connectivity index (χ3v) is 3.34. The van der Waals surface area contributed by atoms with Gasteiger partial charge in [-0.2, -0.15) is 0 Å². The van der Waals surface area contributed by atoms with E-state index in [9.17, 15) is 4.79 Å². The van der Waals surface area contributed by atoms with Gasteiger partial charge in [-0.05, 0) is 52.9 Å². The van der Waals surface area contributed by atoms with Crippen molar-refractivity contribution in [1.29, 1.82) is 0 Å². The van der Waals surface area contributed by atoms with Gasteiger partial charge < -0.3 is 0 Å². The summed E-state index contributed by atoms with van der Waals surface area (Å²) in [5.41, 5.74) is 1.81. The lowest BCUT2D eigenvalue weighted by molar-refractivity contribution is 0.891. The summed E-state index contributed by atoms with van der Waals surface area (Å²) in [7, 11) is 0. The van der Waals surface area contributed by atoms with Crippen molar-refractivity contribution in [3.05, 3.63) is 62.5 Å². The Labute approximate surface area is 111 Å². The lowest BCUT2D eigenvalue weighted by atomic mass is 10.2. The number of nitrogens with zero attached hydrogens (tertiary/aromatic N) is 1. The maximum Gasteiger partial charge on any atom is 0.272 e. The number of rotatable bonds is 1. The van der Waals surface area contributed by atoms with Crippen molar-refractivity contribution in [2.75, 3.05) is 0 Å². The average Bonchev–Trinajstić information content (AvgIpc) is 2.68. The second kappa shape index (κ2) is 4.03. The van der Waals surface area contributed by atoms with Gasteiger partial charge in [0.25, 0.3) is 5.56 Å². The van der Waals surface area contributed by atoms with Gasteiger partial charge in [0, 0.05) is 3.57 Å². The van der Waals surface area contributed by atoms with Crippen LogP contribution in [0.15, 0.2) is 53.3 Å². The molecule has 17 heavy (non-hydrogen) atoms. The SMILES string of the molecule is O=c1[nH]n(-c2ccccc2)c2ccc(I)cc12. The van der Waals surface area contributed by atoms with E-state index in [0.717, 1.165) is 20.2 Å². The molecule has 0 saturated carbocycles. The molecule has 0 spiro atoms. The number of para-hydroxylation sites is 1. The highest BCUT2D eigenvalue weighted by Gasteiger charge is 2.07. The van der Waals surface area contributed by atoms with Crippen LogP contribution in [0.5, 0.6) is 0 Å². The van der Waals surface area contributed by atoms with E-state index in [1.807, 2.05) is 53.2 Å². The molecule has 0 saturated heterocycles. The molecule has 3 rings (SSSR count). The first-order valence-electron chi connectivity index (χ1n) is 5.21. The van der Waals surface area contributed by atoms with Crippen LogP contribution in [0, 0.1) is 3.57 Å². The molecule has 0 radical (unpaired) electrons. The summed E-state index contributed by atoms with van der Waals surface area (Å²) in [5.74, 6) is 0. The van der Waals surface area contributed by atoms with Gasteiger partial charge in [-0.15, -0.1) is 0 Å². The van der Waals surface area contributed by atoms with Crippen molar-refractivity contribution < 1.29 is 0 Å². The Hall–Kier alpha value is -1.56. The molecule has 0 aliphatic rings. The molecule has 0 aliphatic heterocycles.